The molecule has 2 heteroatoms. The monoisotopic (exact) mass is 250 g/mol. The topological polar surface area (TPSA) is 26.3 Å². The summed E-state index contributed by atoms with van der Waals surface area (Å²) in [6.07, 6.45) is 1.31. The second-order valence-electron chi connectivity index (χ2n) is 7.90. The van der Waals surface area contributed by atoms with Crippen LogP contribution in [0.25, 0.3) is 0 Å². The highest BCUT2D eigenvalue weighted by atomic mass is 16.6. The van der Waals surface area contributed by atoms with E-state index in [1.54, 1.807) is 0 Å². The number of esters is 1. The maximum atomic E-state index is 12.4. The van der Waals surface area contributed by atoms with E-state index in [4.69, 9.17) is 4.74 Å². The average Bonchev–Trinajstić information content (AvgIpc) is 2.70. The number of carbonyl (C=O) groups excluding carboxylic acids is 1. The Bertz CT molecular complexity index is 386. The summed E-state index contributed by atoms with van der Waals surface area (Å²) in [4.78, 5) is 12.4. The Morgan fingerprint density at radius 3 is 2.22 bits per heavy atom. The highest BCUT2D eigenvalue weighted by Crippen LogP contribution is 2.75. The highest BCUT2D eigenvalue weighted by molar-refractivity contribution is 5.78. The van der Waals surface area contributed by atoms with Crippen LogP contribution in [0.1, 0.15) is 48.0 Å². The second-order valence-corrected chi connectivity index (χ2v) is 7.90. The fourth-order valence-electron chi connectivity index (χ4n) is 6.30. The van der Waals surface area contributed by atoms with E-state index in [1.807, 2.05) is 0 Å². The first-order valence-corrected chi connectivity index (χ1v) is 7.46. The van der Waals surface area contributed by atoms with Gasteiger partial charge in [-0.1, -0.05) is 41.5 Å². The van der Waals surface area contributed by atoms with Crippen molar-refractivity contribution in [1.29, 1.82) is 0 Å². The van der Waals surface area contributed by atoms with Crippen LogP contribution < -0.4 is 0 Å². The fraction of sp³-hybridized carbons (Fsp3) is 0.938. The molecular formula is C16H26O2. The van der Waals surface area contributed by atoms with E-state index in [0.29, 0.717) is 23.7 Å². The fourth-order valence-corrected chi connectivity index (χ4v) is 6.30. The summed E-state index contributed by atoms with van der Waals surface area (Å²) in [5.74, 6) is 2.43. The Hall–Kier alpha value is -0.530. The molecule has 0 aromatic rings. The molecule has 3 fully saturated rings. The van der Waals surface area contributed by atoms with E-state index in [2.05, 4.69) is 41.5 Å². The van der Waals surface area contributed by atoms with Gasteiger partial charge in [0.2, 0.25) is 0 Å². The molecule has 102 valence electrons. The van der Waals surface area contributed by atoms with E-state index in [0.717, 1.165) is 6.42 Å². The van der Waals surface area contributed by atoms with Gasteiger partial charge in [-0.05, 0) is 35.0 Å². The van der Waals surface area contributed by atoms with Crippen LogP contribution in [0.15, 0.2) is 0 Å². The van der Waals surface area contributed by atoms with Crippen molar-refractivity contribution in [1.82, 2.24) is 0 Å². The summed E-state index contributed by atoms with van der Waals surface area (Å²) in [7, 11) is 0. The van der Waals surface area contributed by atoms with Crippen molar-refractivity contribution < 1.29 is 9.53 Å². The molecule has 1 heterocycles. The number of ether oxygens (including phenoxy) is 1. The Morgan fingerprint density at radius 1 is 1.17 bits per heavy atom. The third-order valence-electron chi connectivity index (χ3n) is 6.65. The van der Waals surface area contributed by atoms with Crippen LogP contribution in [0.4, 0.5) is 0 Å². The van der Waals surface area contributed by atoms with Gasteiger partial charge in [0, 0.05) is 5.92 Å². The molecule has 4 atom stereocenters. The largest absolute Gasteiger partial charge is 0.462 e. The van der Waals surface area contributed by atoms with Gasteiger partial charge in [-0.2, -0.15) is 0 Å². The van der Waals surface area contributed by atoms with Crippen molar-refractivity contribution in [2.45, 2.75) is 54.1 Å². The van der Waals surface area contributed by atoms with Crippen molar-refractivity contribution in [3.8, 4) is 0 Å². The molecule has 0 amide bonds. The van der Waals surface area contributed by atoms with Crippen LogP contribution in [0, 0.1) is 40.4 Å². The quantitative estimate of drug-likeness (QED) is 0.701. The lowest BCUT2D eigenvalue weighted by Gasteiger charge is -2.48. The van der Waals surface area contributed by atoms with Gasteiger partial charge in [0.15, 0.2) is 0 Å². The van der Waals surface area contributed by atoms with Gasteiger partial charge in [0.05, 0.1) is 5.92 Å². The zero-order chi connectivity index (χ0) is 13.5. The van der Waals surface area contributed by atoms with Crippen molar-refractivity contribution in [2.75, 3.05) is 0 Å². The van der Waals surface area contributed by atoms with Crippen LogP contribution in [-0.4, -0.2) is 12.1 Å². The lowest BCUT2D eigenvalue weighted by atomic mass is 9.54. The summed E-state index contributed by atoms with van der Waals surface area (Å²) < 4.78 is 5.69. The Labute approximate surface area is 110 Å². The number of carbonyl (C=O) groups is 1. The molecule has 3 rings (SSSR count). The third-order valence-corrected chi connectivity index (χ3v) is 6.65. The minimum absolute atomic E-state index is 0.0977. The molecule has 0 aromatic heterocycles. The van der Waals surface area contributed by atoms with Crippen LogP contribution in [0.5, 0.6) is 0 Å². The minimum Gasteiger partial charge on any atom is -0.462 e. The van der Waals surface area contributed by atoms with Gasteiger partial charge < -0.3 is 4.74 Å². The number of fused-ring (bicyclic) bond motifs is 1. The maximum Gasteiger partial charge on any atom is 0.310 e. The molecule has 18 heavy (non-hydrogen) atoms. The Morgan fingerprint density at radius 2 is 1.72 bits per heavy atom. The zero-order valence-electron chi connectivity index (χ0n) is 12.5. The summed E-state index contributed by atoms with van der Waals surface area (Å²) in [5.41, 5.74) is 0.411. The van der Waals surface area contributed by atoms with E-state index in [9.17, 15) is 4.79 Å². The molecule has 4 unspecified atom stereocenters. The molecule has 1 aliphatic heterocycles. The first-order valence-electron chi connectivity index (χ1n) is 7.46. The van der Waals surface area contributed by atoms with E-state index < -0.39 is 0 Å². The molecule has 2 nitrogen and oxygen atoms in total. The molecule has 0 N–H and O–H groups in total. The molecule has 2 saturated carbocycles. The molecular weight excluding hydrogens is 224 g/mol. The van der Waals surface area contributed by atoms with Crippen molar-refractivity contribution in [3.05, 3.63) is 0 Å². The molecule has 1 saturated heterocycles. The molecule has 2 aliphatic carbocycles. The van der Waals surface area contributed by atoms with Gasteiger partial charge >= 0.3 is 5.97 Å². The molecule has 0 spiro atoms. The lowest BCUT2D eigenvalue weighted by molar-refractivity contribution is -0.147. The second kappa shape index (κ2) is 3.32. The minimum atomic E-state index is 0.0977. The molecule has 2 bridgehead atoms. The van der Waals surface area contributed by atoms with Gasteiger partial charge in [-0.25, -0.2) is 0 Å². The van der Waals surface area contributed by atoms with Crippen LogP contribution >= 0.6 is 0 Å². The smallest absolute Gasteiger partial charge is 0.310 e. The van der Waals surface area contributed by atoms with Crippen molar-refractivity contribution in [2.24, 2.45) is 40.4 Å². The lowest BCUT2D eigenvalue weighted by Crippen LogP contribution is -2.47. The van der Waals surface area contributed by atoms with Crippen molar-refractivity contribution in [3.63, 3.8) is 0 Å². The van der Waals surface area contributed by atoms with Gasteiger partial charge in [-0.3, -0.25) is 4.79 Å². The van der Waals surface area contributed by atoms with Crippen molar-refractivity contribution >= 4 is 5.97 Å². The summed E-state index contributed by atoms with van der Waals surface area (Å²) >= 11 is 0. The molecule has 0 radical (unpaired) electrons. The zero-order valence-corrected chi connectivity index (χ0v) is 12.5. The van der Waals surface area contributed by atoms with E-state index >= 15 is 0 Å². The van der Waals surface area contributed by atoms with E-state index in [1.165, 1.54) is 0 Å². The van der Waals surface area contributed by atoms with Crippen LogP contribution in [0.2, 0.25) is 0 Å². The van der Waals surface area contributed by atoms with Crippen LogP contribution in [-0.2, 0) is 9.53 Å². The average molecular weight is 250 g/mol. The maximum absolute atomic E-state index is 12.4. The number of hydrogen-bond donors (Lipinski definition) is 0. The van der Waals surface area contributed by atoms with Gasteiger partial charge in [0.25, 0.3) is 0 Å². The number of rotatable bonds is 2. The Kier molecular flexibility index (Phi) is 2.30. The highest BCUT2D eigenvalue weighted by Gasteiger charge is 2.77. The third kappa shape index (κ3) is 1.05. The van der Waals surface area contributed by atoms with Crippen LogP contribution in [0.3, 0.4) is 0 Å². The first-order chi connectivity index (χ1) is 8.25. The molecule has 0 aromatic carbocycles. The SMILES string of the molecule is CC(C)C1(C(C)C)C2C(=O)OC3CC1C(C)(C)C32. The van der Waals surface area contributed by atoms with E-state index in [-0.39, 0.29) is 28.8 Å². The first kappa shape index (κ1) is 12.5. The predicted octanol–water partition coefficient (Wildman–Crippen LogP) is 3.50. The normalized spacial score (nSPS) is 43.0. The predicted molar refractivity (Wildman–Crippen MR) is 70.9 cm³/mol. The van der Waals surface area contributed by atoms with Gasteiger partial charge in [0.1, 0.15) is 6.10 Å². The van der Waals surface area contributed by atoms with Gasteiger partial charge in [-0.15, -0.1) is 0 Å². The summed E-state index contributed by atoms with van der Waals surface area (Å²) in [6, 6.07) is 0. The summed E-state index contributed by atoms with van der Waals surface area (Å²) in [6.45, 7) is 13.9. The standard InChI is InChI=1S/C16H26O2/c1-8(2)16(9(3)4)11-7-10-12(15(11,5)6)13(16)14(17)18-10/h8-13H,7H2,1-6H3. The molecule has 3 aliphatic rings. The number of hydrogen-bond acceptors (Lipinski definition) is 2. The summed E-state index contributed by atoms with van der Waals surface area (Å²) in [5, 5.41) is 0. The Balaban J connectivity index is 2.20.